The lowest BCUT2D eigenvalue weighted by atomic mass is 10.0. The average molecular weight is 551 g/mol. The normalized spacial score (nSPS) is 14.1. The molecule has 40 heavy (non-hydrogen) atoms. The molecule has 0 saturated heterocycles. The van der Waals surface area contributed by atoms with Crippen molar-refractivity contribution in [2.45, 2.75) is 63.2 Å². The quantitative estimate of drug-likeness (QED) is 0.137. The first-order chi connectivity index (χ1) is 19.2. The average Bonchev–Trinajstić information content (AvgIpc) is 3.35. The van der Waals surface area contributed by atoms with Crippen molar-refractivity contribution >= 4 is 34.6 Å². The number of carboxylic acids is 1. The summed E-state index contributed by atoms with van der Waals surface area (Å²) in [4.78, 5) is 53.8. The number of H-pyrrole nitrogens is 1. The number of rotatable bonds is 15. The number of aliphatic carboxylic acids is 1. The van der Waals surface area contributed by atoms with E-state index in [-0.39, 0.29) is 19.3 Å². The van der Waals surface area contributed by atoms with E-state index in [0.29, 0.717) is 19.4 Å². The number of carbonyl (C=O) groups is 4. The maximum absolute atomic E-state index is 13.3. The minimum absolute atomic E-state index is 0.170. The van der Waals surface area contributed by atoms with Crippen LogP contribution in [0.15, 0.2) is 60.8 Å². The lowest BCUT2D eigenvalue weighted by molar-refractivity contribution is -0.142. The first-order valence-electron chi connectivity index (χ1n) is 13.4. The molecule has 3 amide bonds. The third-order valence-corrected chi connectivity index (χ3v) is 6.68. The minimum atomic E-state index is -1.16. The van der Waals surface area contributed by atoms with Crippen LogP contribution >= 0.6 is 0 Å². The number of carboxylic acid groups (broad SMARTS) is 1. The van der Waals surface area contributed by atoms with Crippen LogP contribution in [0.2, 0.25) is 0 Å². The van der Waals surface area contributed by atoms with E-state index in [1.807, 2.05) is 60.8 Å². The molecule has 0 fully saturated rings. The SMILES string of the molecule is CC(NC(=O)C(Cc1ccccc1)NC(=O)C(N)Cc1c[nH]c2ccccc12)C(=O)NC(CCCCN)C(=O)O. The standard InChI is InChI=1S/C29H38N6O5/c1-18(26(36)34-24(29(39)40)13-7-8-14-30)33-28(38)25(15-19-9-3-2-4-10-19)35-27(37)22(31)16-20-17-32-23-12-6-5-11-21(20)23/h2-6,9-12,17-18,22,24-25,32H,7-8,13-16,30-31H2,1H3,(H,33,38)(H,34,36)(H,35,37)(H,39,40). The molecule has 4 atom stereocenters. The zero-order valence-electron chi connectivity index (χ0n) is 22.6. The lowest BCUT2D eigenvalue weighted by Gasteiger charge is -2.24. The van der Waals surface area contributed by atoms with Gasteiger partial charge in [0.15, 0.2) is 0 Å². The van der Waals surface area contributed by atoms with Crippen LogP contribution in [-0.2, 0) is 32.0 Å². The Hall–Kier alpha value is -4.22. The summed E-state index contributed by atoms with van der Waals surface area (Å²) in [5, 5.41) is 18.2. The van der Waals surface area contributed by atoms with E-state index < -0.39 is 47.9 Å². The van der Waals surface area contributed by atoms with E-state index in [9.17, 15) is 24.3 Å². The van der Waals surface area contributed by atoms with Crippen molar-refractivity contribution in [3.63, 3.8) is 0 Å². The number of nitrogens with one attached hydrogen (secondary N) is 4. The molecule has 0 bridgehead atoms. The Labute approximate surface area is 233 Å². The first kappa shape index (κ1) is 30.3. The van der Waals surface area contributed by atoms with Crippen molar-refractivity contribution in [2.24, 2.45) is 11.5 Å². The van der Waals surface area contributed by atoms with Crippen molar-refractivity contribution in [3.05, 3.63) is 71.9 Å². The summed E-state index contributed by atoms with van der Waals surface area (Å²) >= 11 is 0. The molecule has 11 heteroatoms. The van der Waals surface area contributed by atoms with Gasteiger partial charge in [0.2, 0.25) is 17.7 Å². The predicted octanol–water partition coefficient (Wildman–Crippen LogP) is 0.968. The van der Waals surface area contributed by atoms with Crippen LogP contribution in [-0.4, -0.2) is 64.5 Å². The molecule has 214 valence electrons. The van der Waals surface area contributed by atoms with Crippen molar-refractivity contribution in [1.29, 1.82) is 0 Å². The molecule has 1 aromatic heterocycles. The number of amides is 3. The number of aromatic amines is 1. The molecule has 0 radical (unpaired) electrons. The van der Waals surface area contributed by atoms with Gasteiger partial charge in [-0.25, -0.2) is 4.79 Å². The van der Waals surface area contributed by atoms with Gasteiger partial charge < -0.3 is 37.5 Å². The molecule has 3 rings (SSSR count). The van der Waals surface area contributed by atoms with E-state index in [4.69, 9.17) is 11.5 Å². The maximum Gasteiger partial charge on any atom is 0.326 e. The number of hydrogen-bond donors (Lipinski definition) is 7. The van der Waals surface area contributed by atoms with E-state index in [1.165, 1.54) is 6.92 Å². The van der Waals surface area contributed by atoms with Crippen LogP contribution in [0.3, 0.4) is 0 Å². The van der Waals surface area contributed by atoms with Gasteiger partial charge in [-0.2, -0.15) is 0 Å². The molecule has 0 aliphatic rings. The molecule has 11 nitrogen and oxygen atoms in total. The van der Waals surface area contributed by atoms with Crippen LogP contribution in [0.4, 0.5) is 0 Å². The smallest absolute Gasteiger partial charge is 0.326 e. The third kappa shape index (κ3) is 8.65. The van der Waals surface area contributed by atoms with Crippen molar-refractivity contribution < 1.29 is 24.3 Å². The Morgan fingerprint density at radius 1 is 0.850 bits per heavy atom. The highest BCUT2D eigenvalue weighted by atomic mass is 16.4. The van der Waals surface area contributed by atoms with Gasteiger partial charge >= 0.3 is 5.97 Å². The topological polar surface area (TPSA) is 192 Å². The van der Waals surface area contributed by atoms with Gasteiger partial charge in [-0.3, -0.25) is 14.4 Å². The fraction of sp³-hybridized carbons (Fsp3) is 0.379. The van der Waals surface area contributed by atoms with Gasteiger partial charge in [-0.05, 0) is 56.3 Å². The van der Waals surface area contributed by atoms with Gasteiger partial charge in [-0.15, -0.1) is 0 Å². The van der Waals surface area contributed by atoms with E-state index in [2.05, 4.69) is 20.9 Å². The minimum Gasteiger partial charge on any atom is -0.480 e. The van der Waals surface area contributed by atoms with Crippen LogP contribution < -0.4 is 27.4 Å². The number of para-hydroxylation sites is 1. The molecule has 9 N–H and O–H groups in total. The van der Waals surface area contributed by atoms with Crippen LogP contribution in [0.1, 0.15) is 37.3 Å². The Bertz CT molecular complexity index is 1290. The second-order valence-electron chi connectivity index (χ2n) is 9.84. The number of carbonyl (C=O) groups excluding carboxylic acids is 3. The number of aromatic nitrogens is 1. The van der Waals surface area contributed by atoms with Crippen molar-refractivity contribution in [3.8, 4) is 0 Å². The number of fused-ring (bicyclic) bond motifs is 1. The van der Waals surface area contributed by atoms with Gasteiger partial charge in [0.05, 0.1) is 6.04 Å². The van der Waals surface area contributed by atoms with Crippen molar-refractivity contribution in [2.75, 3.05) is 6.54 Å². The highest BCUT2D eigenvalue weighted by Crippen LogP contribution is 2.19. The number of benzene rings is 2. The molecule has 0 aliphatic heterocycles. The molecule has 4 unspecified atom stereocenters. The molecular weight excluding hydrogens is 512 g/mol. The first-order valence-corrected chi connectivity index (χ1v) is 13.4. The molecule has 0 spiro atoms. The van der Waals surface area contributed by atoms with Crippen LogP contribution in [0.5, 0.6) is 0 Å². The number of hydrogen-bond acceptors (Lipinski definition) is 6. The summed E-state index contributed by atoms with van der Waals surface area (Å²) < 4.78 is 0. The summed E-state index contributed by atoms with van der Waals surface area (Å²) in [6, 6.07) is 12.7. The van der Waals surface area contributed by atoms with Crippen molar-refractivity contribution in [1.82, 2.24) is 20.9 Å². The predicted molar refractivity (Wildman–Crippen MR) is 152 cm³/mol. The summed E-state index contributed by atoms with van der Waals surface area (Å²) in [7, 11) is 0. The number of unbranched alkanes of at least 4 members (excludes halogenated alkanes) is 1. The van der Waals surface area contributed by atoms with E-state index in [1.54, 1.807) is 0 Å². The van der Waals surface area contributed by atoms with Gasteiger partial charge in [0, 0.05) is 23.5 Å². The highest BCUT2D eigenvalue weighted by Gasteiger charge is 2.28. The number of nitrogens with two attached hydrogens (primary N) is 2. The molecule has 2 aromatic carbocycles. The lowest BCUT2D eigenvalue weighted by Crippen LogP contribution is -2.57. The largest absolute Gasteiger partial charge is 0.480 e. The van der Waals surface area contributed by atoms with Gasteiger partial charge in [0.25, 0.3) is 0 Å². The fourth-order valence-corrected chi connectivity index (χ4v) is 4.39. The summed E-state index contributed by atoms with van der Waals surface area (Å²) in [5.74, 6) is -2.91. The Morgan fingerprint density at radius 2 is 1.52 bits per heavy atom. The van der Waals surface area contributed by atoms with Crippen LogP contribution in [0, 0.1) is 0 Å². The Balaban J connectivity index is 1.66. The summed E-state index contributed by atoms with van der Waals surface area (Å²) in [6.07, 6.45) is 3.64. The molecule has 3 aromatic rings. The fourth-order valence-electron chi connectivity index (χ4n) is 4.39. The van der Waals surface area contributed by atoms with Gasteiger partial charge in [-0.1, -0.05) is 48.5 Å². The maximum atomic E-state index is 13.3. The van der Waals surface area contributed by atoms with E-state index in [0.717, 1.165) is 22.0 Å². The Morgan fingerprint density at radius 3 is 2.23 bits per heavy atom. The summed E-state index contributed by atoms with van der Waals surface area (Å²) in [5.41, 5.74) is 14.3. The molecular formula is C29H38N6O5. The van der Waals surface area contributed by atoms with Gasteiger partial charge in [0.1, 0.15) is 18.1 Å². The van der Waals surface area contributed by atoms with E-state index >= 15 is 0 Å². The molecule has 0 saturated carbocycles. The molecule has 1 heterocycles. The van der Waals surface area contributed by atoms with Crippen LogP contribution in [0.25, 0.3) is 10.9 Å². The second kappa shape index (κ2) is 14.8. The second-order valence-corrected chi connectivity index (χ2v) is 9.84. The highest BCUT2D eigenvalue weighted by molar-refractivity contribution is 5.94. The molecule has 0 aliphatic carbocycles. The Kier molecular flexibility index (Phi) is 11.2. The third-order valence-electron chi connectivity index (χ3n) is 6.68. The monoisotopic (exact) mass is 550 g/mol. The summed E-state index contributed by atoms with van der Waals surface area (Å²) in [6.45, 7) is 1.88. The zero-order chi connectivity index (χ0) is 29.1. The zero-order valence-corrected chi connectivity index (χ0v) is 22.6.